The Morgan fingerprint density at radius 2 is 1.71 bits per heavy atom. The molecule has 0 radical (unpaired) electrons. The summed E-state index contributed by atoms with van der Waals surface area (Å²) < 4.78 is 14.4. The van der Waals surface area contributed by atoms with Gasteiger partial charge in [-0.1, -0.05) is 12.1 Å². The van der Waals surface area contributed by atoms with Crippen LogP contribution >= 0.6 is 0 Å². The Hall–Kier alpha value is -1.87. The number of nitrogens with two attached hydrogens (primary N) is 1. The van der Waals surface area contributed by atoms with Crippen molar-refractivity contribution in [1.29, 1.82) is 0 Å². The van der Waals surface area contributed by atoms with Crippen molar-refractivity contribution in [1.82, 2.24) is 0 Å². The second-order valence-corrected chi connectivity index (χ2v) is 5.87. The third-order valence-corrected chi connectivity index (χ3v) is 3.52. The summed E-state index contributed by atoms with van der Waals surface area (Å²) in [6, 6.07) is 11.6. The number of benzene rings is 2. The molecule has 3 heteroatoms. The molecule has 2 nitrogen and oxygen atoms in total. The molecule has 112 valence electrons. The zero-order valence-corrected chi connectivity index (χ0v) is 13.2. The van der Waals surface area contributed by atoms with Crippen LogP contribution in [0.4, 0.5) is 15.8 Å². The van der Waals surface area contributed by atoms with E-state index in [1.807, 2.05) is 44.9 Å². The van der Waals surface area contributed by atoms with Crippen LogP contribution in [-0.2, 0) is 6.42 Å². The average molecular weight is 286 g/mol. The molecule has 1 atom stereocenters. The fourth-order valence-electron chi connectivity index (χ4n) is 2.60. The summed E-state index contributed by atoms with van der Waals surface area (Å²) in [5.74, 6) is -0.213. The topological polar surface area (TPSA) is 29.3 Å². The zero-order valence-electron chi connectivity index (χ0n) is 13.2. The standard InChI is InChI=1S/C18H23FN2/c1-12-7-13(2)9-16(8-12)21(4)18-6-5-15(10-14(3)20)11-17(18)19/h5-9,11,14H,10,20H2,1-4H3. The van der Waals surface area contributed by atoms with Crippen LogP contribution in [0.25, 0.3) is 0 Å². The molecular weight excluding hydrogens is 263 g/mol. The van der Waals surface area contributed by atoms with Gasteiger partial charge in [0.05, 0.1) is 5.69 Å². The highest BCUT2D eigenvalue weighted by Gasteiger charge is 2.11. The van der Waals surface area contributed by atoms with Gasteiger partial charge in [-0.3, -0.25) is 0 Å². The maximum Gasteiger partial charge on any atom is 0.147 e. The normalized spacial score (nSPS) is 12.3. The lowest BCUT2D eigenvalue weighted by molar-refractivity contribution is 0.622. The Bertz CT molecular complexity index is 615. The van der Waals surface area contributed by atoms with Gasteiger partial charge in [0.15, 0.2) is 0 Å². The molecule has 2 N–H and O–H groups in total. The third kappa shape index (κ3) is 3.82. The van der Waals surface area contributed by atoms with Crippen molar-refractivity contribution >= 4 is 11.4 Å². The minimum atomic E-state index is -0.213. The molecule has 0 aliphatic rings. The summed E-state index contributed by atoms with van der Waals surface area (Å²) in [4.78, 5) is 1.88. The lowest BCUT2D eigenvalue weighted by Crippen LogP contribution is -2.18. The first-order valence-corrected chi connectivity index (χ1v) is 7.23. The van der Waals surface area contributed by atoms with E-state index in [4.69, 9.17) is 5.73 Å². The van der Waals surface area contributed by atoms with Crippen LogP contribution in [0.5, 0.6) is 0 Å². The first-order chi connectivity index (χ1) is 9.86. The highest BCUT2D eigenvalue weighted by atomic mass is 19.1. The van der Waals surface area contributed by atoms with Crippen molar-refractivity contribution in [2.24, 2.45) is 5.73 Å². The van der Waals surface area contributed by atoms with Crippen molar-refractivity contribution in [3.63, 3.8) is 0 Å². The molecule has 2 rings (SSSR count). The van der Waals surface area contributed by atoms with Crippen LogP contribution in [0, 0.1) is 19.7 Å². The summed E-state index contributed by atoms with van der Waals surface area (Å²) in [5.41, 5.74) is 10.6. The number of halogens is 1. The predicted octanol–water partition coefficient (Wildman–Crippen LogP) is 4.10. The number of nitrogens with zero attached hydrogens (tertiary/aromatic N) is 1. The van der Waals surface area contributed by atoms with Gasteiger partial charge >= 0.3 is 0 Å². The van der Waals surface area contributed by atoms with E-state index < -0.39 is 0 Å². The summed E-state index contributed by atoms with van der Waals surface area (Å²) in [7, 11) is 1.89. The number of aryl methyl sites for hydroxylation is 2. The Labute approximate surface area is 126 Å². The van der Waals surface area contributed by atoms with E-state index in [1.54, 1.807) is 6.07 Å². The molecule has 2 aromatic carbocycles. The molecule has 0 heterocycles. The fourth-order valence-corrected chi connectivity index (χ4v) is 2.60. The molecule has 0 amide bonds. The van der Waals surface area contributed by atoms with Gasteiger partial charge < -0.3 is 10.6 Å². The van der Waals surface area contributed by atoms with E-state index in [2.05, 4.69) is 18.2 Å². The van der Waals surface area contributed by atoms with Crippen LogP contribution in [0.3, 0.4) is 0 Å². The highest BCUT2D eigenvalue weighted by Crippen LogP contribution is 2.28. The third-order valence-electron chi connectivity index (χ3n) is 3.52. The molecule has 21 heavy (non-hydrogen) atoms. The number of hydrogen-bond acceptors (Lipinski definition) is 2. The van der Waals surface area contributed by atoms with E-state index in [1.165, 1.54) is 11.1 Å². The Morgan fingerprint density at radius 3 is 2.24 bits per heavy atom. The van der Waals surface area contributed by atoms with E-state index in [9.17, 15) is 4.39 Å². The molecule has 0 saturated carbocycles. The molecular formula is C18H23FN2. The van der Waals surface area contributed by atoms with Gasteiger partial charge in [0.2, 0.25) is 0 Å². The molecule has 0 aliphatic carbocycles. The Morgan fingerprint density at radius 1 is 1.10 bits per heavy atom. The number of hydrogen-bond donors (Lipinski definition) is 1. The van der Waals surface area contributed by atoms with Gasteiger partial charge in [0.25, 0.3) is 0 Å². The van der Waals surface area contributed by atoms with Gasteiger partial charge in [0.1, 0.15) is 5.82 Å². The zero-order chi connectivity index (χ0) is 15.6. The summed E-state index contributed by atoms with van der Waals surface area (Å²) in [5, 5.41) is 0. The molecule has 0 aromatic heterocycles. The largest absolute Gasteiger partial charge is 0.342 e. The summed E-state index contributed by atoms with van der Waals surface area (Å²) >= 11 is 0. The maximum atomic E-state index is 14.4. The van der Waals surface area contributed by atoms with Crippen LogP contribution in [0.1, 0.15) is 23.6 Å². The van der Waals surface area contributed by atoms with Crippen molar-refractivity contribution in [2.45, 2.75) is 33.2 Å². The lowest BCUT2D eigenvalue weighted by atomic mass is 10.1. The van der Waals surface area contributed by atoms with Gasteiger partial charge in [-0.25, -0.2) is 4.39 Å². The van der Waals surface area contributed by atoms with Gasteiger partial charge in [-0.15, -0.1) is 0 Å². The van der Waals surface area contributed by atoms with Crippen LogP contribution in [0.2, 0.25) is 0 Å². The van der Waals surface area contributed by atoms with E-state index >= 15 is 0 Å². The smallest absolute Gasteiger partial charge is 0.147 e. The molecule has 2 aromatic rings. The molecule has 0 fully saturated rings. The minimum absolute atomic E-state index is 0.0346. The second-order valence-electron chi connectivity index (χ2n) is 5.87. The SMILES string of the molecule is Cc1cc(C)cc(N(C)c2ccc(CC(C)N)cc2F)c1. The summed E-state index contributed by atoms with van der Waals surface area (Å²) in [6.07, 6.45) is 0.685. The van der Waals surface area contributed by atoms with Gasteiger partial charge in [-0.05, 0) is 68.1 Å². The highest BCUT2D eigenvalue weighted by molar-refractivity contribution is 5.64. The number of anilines is 2. The average Bonchev–Trinajstić information content (AvgIpc) is 2.36. The molecule has 0 aliphatic heterocycles. The Balaban J connectivity index is 2.32. The fraction of sp³-hybridized carbons (Fsp3) is 0.333. The molecule has 0 bridgehead atoms. The summed E-state index contributed by atoms with van der Waals surface area (Å²) in [6.45, 7) is 6.02. The van der Waals surface area contributed by atoms with E-state index in [0.29, 0.717) is 12.1 Å². The minimum Gasteiger partial charge on any atom is -0.342 e. The van der Waals surface area contributed by atoms with Crippen molar-refractivity contribution < 1.29 is 4.39 Å². The van der Waals surface area contributed by atoms with Crippen LogP contribution in [0.15, 0.2) is 36.4 Å². The predicted molar refractivity (Wildman–Crippen MR) is 87.7 cm³/mol. The molecule has 0 saturated heterocycles. The molecule has 1 unspecified atom stereocenters. The first-order valence-electron chi connectivity index (χ1n) is 7.23. The van der Waals surface area contributed by atoms with Crippen LogP contribution < -0.4 is 10.6 Å². The van der Waals surface area contributed by atoms with Crippen molar-refractivity contribution in [3.05, 3.63) is 58.9 Å². The monoisotopic (exact) mass is 286 g/mol. The van der Waals surface area contributed by atoms with Crippen molar-refractivity contribution in [3.8, 4) is 0 Å². The number of rotatable bonds is 4. The van der Waals surface area contributed by atoms with Crippen molar-refractivity contribution in [2.75, 3.05) is 11.9 Å². The molecule has 0 spiro atoms. The van der Waals surface area contributed by atoms with Gasteiger partial charge in [0, 0.05) is 18.8 Å². The second kappa shape index (κ2) is 6.27. The van der Waals surface area contributed by atoms with E-state index in [0.717, 1.165) is 11.3 Å². The van der Waals surface area contributed by atoms with Crippen LogP contribution in [-0.4, -0.2) is 13.1 Å². The van der Waals surface area contributed by atoms with Gasteiger partial charge in [-0.2, -0.15) is 0 Å². The Kier molecular flexibility index (Phi) is 4.63. The van der Waals surface area contributed by atoms with E-state index in [-0.39, 0.29) is 11.9 Å². The maximum absolute atomic E-state index is 14.4. The first kappa shape index (κ1) is 15.5. The lowest BCUT2D eigenvalue weighted by Gasteiger charge is -2.22. The quantitative estimate of drug-likeness (QED) is 0.917.